The quantitative estimate of drug-likeness (QED) is 0.378. The fourth-order valence-corrected chi connectivity index (χ4v) is 9.44. The summed E-state index contributed by atoms with van der Waals surface area (Å²) in [6.45, 7) is 12.8. The third-order valence-electron chi connectivity index (χ3n) is 3.65. The molecule has 2 aromatic carbocycles. The van der Waals surface area contributed by atoms with Gasteiger partial charge in [-0.15, -0.1) is 0 Å². The van der Waals surface area contributed by atoms with E-state index in [1.807, 2.05) is 12.2 Å². The summed E-state index contributed by atoms with van der Waals surface area (Å²) in [6, 6.07) is 17.4. The maximum atomic E-state index is 3.26. The monoisotopic (exact) mass is 526 g/mol. The molecule has 0 aliphatic heterocycles. The predicted octanol–water partition coefficient (Wildman–Crippen LogP) is 5.09. The van der Waals surface area contributed by atoms with E-state index in [4.69, 9.17) is 0 Å². The second-order valence-electron chi connectivity index (χ2n) is 8.95. The molecule has 30 heavy (non-hydrogen) atoms. The Bertz CT molecular complexity index is 935. The molecule has 0 fully saturated rings. The van der Waals surface area contributed by atoms with Crippen molar-refractivity contribution < 1.29 is 0 Å². The third kappa shape index (κ3) is 9.72. The van der Waals surface area contributed by atoms with Crippen LogP contribution in [0.15, 0.2) is 60.7 Å². The molecular formula is C28H30Se2. The summed E-state index contributed by atoms with van der Waals surface area (Å²) >= 11 is 0.818. The molecule has 0 spiro atoms. The molecule has 0 aliphatic rings. The minimum absolute atomic E-state index is 0.0331. The van der Waals surface area contributed by atoms with Crippen molar-refractivity contribution in [1.82, 2.24) is 0 Å². The molecule has 0 saturated carbocycles. The van der Waals surface area contributed by atoms with Crippen molar-refractivity contribution in [2.45, 2.75) is 41.5 Å². The molecule has 2 rings (SSSR count). The van der Waals surface area contributed by atoms with Crippen LogP contribution < -0.4 is 8.92 Å². The Morgan fingerprint density at radius 1 is 0.600 bits per heavy atom. The van der Waals surface area contributed by atoms with Crippen LogP contribution in [-0.4, -0.2) is 26.3 Å². The number of rotatable bonds is 5. The van der Waals surface area contributed by atoms with Gasteiger partial charge in [0.1, 0.15) is 0 Å². The molecule has 0 radical (unpaired) electrons. The molecule has 2 heteroatoms. The number of hydrogen-bond acceptors (Lipinski definition) is 0. The molecule has 0 bridgehead atoms. The standard InChI is InChI=1S/C28H30Se2/c1-27(2,3)21-13-11-17-23-15-7-9-19-25(23)29-30-26-20-10-8-16-24(26)18-12-14-22-28(4,5)6/h7-12,15-20H,1-6H3/b17-11-,18-12-. The van der Waals surface area contributed by atoms with Gasteiger partial charge in [-0.25, -0.2) is 0 Å². The van der Waals surface area contributed by atoms with Gasteiger partial charge in [-0.2, -0.15) is 0 Å². The Morgan fingerprint density at radius 3 is 1.33 bits per heavy atom. The summed E-state index contributed by atoms with van der Waals surface area (Å²) in [6.07, 6.45) is 8.27. The van der Waals surface area contributed by atoms with E-state index in [9.17, 15) is 0 Å². The maximum absolute atomic E-state index is 3.26. The van der Waals surface area contributed by atoms with Gasteiger partial charge in [0.05, 0.1) is 0 Å². The average Bonchev–Trinajstić information content (AvgIpc) is 2.67. The molecule has 0 unspecified atom stereocenters. The van der Waals surface area contributed by atoms with Crippen LogP contribution >= 0.6 is 0 Å². The predicted molar refractivity (Wildman–Crippen MR) is 136 cm³/mol. The second kappa shape index (κ2) is 11.5. The zero-order chi connectivity index (χ0) is 22.0. The van der Waals surface area contributed by atoms with Gasteiger partial charge in [0.25, 0.3) is 0 Å². The molecular weight excluding hydrogens is 494 g/mol. The summed E-state index contributed by atoms with van der Waals surface area (Å²) in [7, 11) is 0. The second-order valence-corrected chi connectivity index (χ2v) is 15.1. The van der Waals surface area contributed by atoms with Crippen LogP contribution in [0.1, 0.15) is 52.7 Å². The van der Waals surface area contributed by atoms with Crippen LogP contribution in [0.5, 0.6) is 0 Å². The van der Waals surface area contributed by atoms with Gasteiger partial charge < -0.3 is 0 Å². The summed E-state index contributed by atoms with van der Waals surface area (Å²) in [5, 5.41) is 0. The van der Waals surface area contributed by atoms with E-state index < -0.39 is 0 Å². The van der Waals surface area contributed by atoms with Gasteiger partial charge in [-0.3, -0.25) is 0 Å². The van der Waals surface area contributed by atoms with E-state index in [1.54, 1.807) is 0 Å². The van der Waals surface area contributed by atoms with Crippen LogP contribution in [0.25, 0.3) is 12.2 Å². The molecule has 154 valence electrons. The summed E-state index contributed by atoms with van der Waals surface area (Å²) in [5.41, 5.74) is 2.63. The van der Waals surface area contributed by atoms with Crippen LogP contribution in [0.2, 0.25) is 0 Å². The van der Waals surface area contributed by atoms with Gasteiger partial charge in [-0.05, 0) is 0 Å². The van der Waals surface area contributed by atoms with Gasteiger partial charge >= 0.3 is 195 Å². The molecule has 2 aromatic rings. The average molecular weight is 524 g/mol. The Hall–Kier alpha value is -1.92. The van der Waals surface area contributed by atoms with Crippen molar-refractivity contribution in [2.75, 3.05) is 0 Å². The number of benzene rings is 2. The van der Waals surface area contributed by atoms with Crippen molar-refractivity contribution in [3.63, 3.8) is 0 Å². The molecule has 0 heterocycles. The van der Waals surface area contributed by atoms with Crippen LogP contribution in [0.4, 0.5) is 0 Å². The van der Waals surface area contributed by atoms with Gasteiger partial charge in [-0.1, -0.05) is 0 Å². The Balaban J connectivity index is 2.13. The minimum atomic E-state index is 0.0331. The summed E-state index contributed by atoms with van der Waals surface area (Å²) in [4.78, 5) is 0. The number of hydrogen-bond donors (Lipinski definition) is 0. The third-order valence-corrected chi connectivity index (χ3v) is 11.0. The van der Waals surface area contributed by atoms with E-state index in [0.717, 1.165) is 0 Å². The first kappa shape index (κ1) is 24.3. The Morgan fingerprint density at radius 2 is 0.967 bits per heavy atom. The van der Waals surface area contributed by atoms with Crippen LogP contribution in [0.3, 0.4) is 0 Å². The molecule has 0 atom stereocenters. The topological polar surface area (TPSA) is 0 Å². The molecule has 0 aliphatic carbocycles. The normalized spacial score (nSPS) is 11.8. The van der Waals surface area contributed by atoms with Crippen LogP contribution in [-0.2, 0) is 0 Å². The van der Waals surface area contributed by atoms with Crippen LogP contribution in [0, 0.1) is 34.5 Å². The first-order valence-electron chi connectivity index (χ1n) is 10.1. The van der Waals surface area contributed by atoms with E-state index in [-0.39, 0.29) is 10.8 Å². The molecule has 0 amide bonds. The fourth-order valence-electron chi connectivity index (χ4n) is 2.26. The molecule has 0 aromatic heterocycles. The first-order valence-corrected chi connectivity index (χ1v) is 16.1. The zero-order valence-corrected chi connectivity index (χ0v) is 22.2. The summed E-state index contributed by atoms with van der Waals surface area (Å²) in [5.74, 6) is 12.9. The SMILES string of the molecule is CC(C)(C)C#C/C=C\c1ccccc1[Se][Se]c1ccccc1/C=C\C#CC(C)(C)C. The fraction of sp³-hybridized carbons (Fsp3) is 0.286. The zero-order valence-electron chi connectivity index (χ0n) is 18.7. The molecule has 0 N–H and O–H groups in total. The van der Waals surface area contributed by atoms with Crippen molar-refractivity contribution in [2.24, 2.45) is 10.8 Å². The van der Waals surface area contributed by atoms with Gasteiger partial charge in [0, 0.05) is 0 Å². The van der Waals surface area contributed by atoms with Gasteiger partial charge in [0.15, 0.2) is 0 Å². The van der Waals surface area contributed by atoms with Gasteiger partial charge in [0.2, 0.25) is 0 Å². The van der Waals surface area contributed by atoms with E-state index in [0.29, 0.717) is 26.3 Å². The van der Waals surface area contributed by atoms with E-state index in [2.05, 4.69) is 126 Å². The van der Waals surface area contributed by atoms with E-state index >= 15 is 0 Å². The van der Waals surface area contributed by atoms with Crippen molar-refractivity contribution >= 4 is 47.3 Å². The summed E-state index contributed by atoms with van der Waals surface area (Å²) < 4.78 is 2.87. The van der Waals surface area contributed by atoms with E-state index in [1.165, 1.54) is 20.1 Å². The molecule has 0 nitrogen and oxygen atoms in total. The molecule has 0 saturated heterocycles. The van der Waals surface area contributed by atoms with Crippen molar-refractivity contribution in [3.05, 3.63) is 71.8 Å². The van der Waals surface area contributed by atoms with Crippen molar-refractivity contribution in [1.29, 1.82) is 0 Å². The Labute approximate surface area is 194 Å². The first-order chi connectivity index (χ1) is 14.1. The number of allylic oxidation sites excluding steroid dienone is 2. The Kier molecular flexibility index (Phi) is 9.31. The van der Waals surface area contributed by atoms with Crippen molar-refractivity contribution in [3.8, 4) is 23.7 Å².